The molecule has 0 unspecified atom stereocenters. The molecular formula is C30H28F4O3. The smallest absolute Gasteiger partial charge is 0.314 e. The molecule has 0 aliphatic heterocycles. The van der Waals surface area contributed by atoms with Crippen molar-refractivity contribution in [2.24, 2.45) is 5.92 Å². The third-order valence-corrected chi connectivity index (χ3v) is 6.72. The lowest BCUT2D eigenvalue weighted by atomic mass is 9.78. The molecule has 194 valence electrons. The average Bonchev–Trinajstić information content (AvgIpc) is 2.91. The highest BCUT2D eigenvalue weighted by molar-refractivity contribution is 5.75. The first-order chi connectivity index (χ1) is 17.8. The molecule has 1 fully saturated rings. The average molecular weight is 513 g/mol. The van der Waals surface area contributed by atoms with E-state index in [1.54, 1.807) is 31.2 Å². The minimum atomic E-state index is -1.29. The zero-order valence-electron chi connectivity index (χ0n) is 20.7. The highest BCUT2D eigenvalue weighted by Crippen LogP contribution is 2.40. The van der Waals surface area contributed by atoms with E-state index in [0.29, 0.717) is 31.2 Å². The molecule has 0 radical (unpaired) electrons. The first-order valence-electron chi connectivity index (χ1n) is 12.4. The fourth-order valence-electron chi connectivity index (χ4n) is 4.76. The highest BCUT2D eigenvalue weighted by atomic mass is 19.2. The van der Waals surface area contributed by atoms with Crippen LogP contribution in [0.5, 0.6) is 11.5 Å². The van der Waals surface area contributed by atoms with Crippen molar-refractivity contribution in [3.05, 3.63) is 89.0 Å². The molecule has 3 nitrogen and oxygen atoms in total. The number of halogens is 4. The third kappa shape index (κ3) is 5.71. The van der Waals surface area contributed by atoms with Crippen LogP contribution in [0.2, 0.25) is 0 Å². The quantitative estimate of drug-likeness (QED) is 0.182. The molecule has 37 heavy (non-hydrogen) atoms. The molecule has 1 saturated carbocycles. The molecule has 0 spiro atoms. The van der Waals surface area contributed by atoms with Gasteiger partial charge in [0.2, 0.25) is 11.6 Å². The van der Waals surface area contributed by atoms with Crippen LogP contribution in [-0.2, 0) is 4.79 Å². The van der Waals surface area contributed by atoms with Crippen LogP contribution in [0.15, 0.2) is 54.6 Å². The second-order valence-electron chi connectivity index (χ2n) is 9.04. The zero-order valence-corrected chi connectivity index (χ0v) is 20.7. The third-order valence-electron chi connectivity index (χ3n) is 6.72. The van der Waals surface area contributed by atoms with Gasteiger partial charge in [-0.25, -0.2) is 8.78 Å². The van der Waals surface area contributed by atoms with Crippen LogP contribution >= 0.6 is 0 Å². The molecular weight excluding hydrogens is 484 g/mol. The van der Waals surface area contributed by atoms with Crippen molar-refractivity contribution < 1.29 is 31.8 Å². The van der Waals surface area contributed by atoms with Gasteiger partial charge in [0.15, 0.2) is 23.1 Å². The van der Waals surface area contributed by atoms with Crippen molar-refractivity contribution in [3.63, 3.8) is 0 Å². The summed E-state index contributed by atoms with van der Waals surface area (Å²) in [7, 11) is 0. The molecule has 0 bridgehead atoms. The number of carbonyl (C=O) groups excluding carboxylic acids is 1. The van der Waals surface area contributed by atoms with Crippen molar-refractivity contribution in [2.75, 3.05) is 6.61 Å². The number of hydrogen-bond acceptors (Lipinski definition) is 3. The Labute approximate surface area is 213 Å². The Balaban J connectivity index is 1.41. The molecule has 0 N–H and O–H groups in total. The number of esters is 1. The molecule has 3 aromatic carbocycles. The van der Waals surface area contributed by atoms with Gasteiger partial charge in [-0.05, 0) is 74.3 Å². The molecule has 1 aliphatic carbocycles. The van der Waals surface area contributed by atoms with Crippen LogP contribution in [0.4, 0.5) is 17.6 Å². The van der Waals surface area contributed by atoms with Crippen LogP contribution in [0.25, 0.3) is 17.2 Å². The Hall–Kier alpha value is -3.61. The topological polar surface area (TPSA) is 35.5 Å². The fraction of sp³-hybridized carbons (Fsp3) is 0.300. The van der Waals surface area contributed by atoms with Gasteiger partial charge in [-0.3, -0.25) is 4.79 Å². The van der Waals surface area contributed by atoms with E-state index < -0.39 is 40.9 Å². The Morgan fingerprint density at radius 2 is 1.49 bits per heavy atom. The van der Waals surface area contributed by atoms with Crippen LogP contribution < -0.4 is 9.47 Å². The summed E-state index contributed by atoms with van der Waals surface area (Å²) in [5.41, 5.74) is 2.02. The first-order valence-corrected chi connectivity index (χ1v) is 12.4. The van der Waals surface area contributed by atoms with E-state index in [2.05, 4.69) is 0 Å². The number of benzene rings is 3. The summed E-state index contributed by atoms with van der Waals surface area (Å²) in [6, 6.07) is 12.7. The summed E-state index contributed by atoms with van der Waals surface area (Å²) in [6.45, 7) is 3.71. The van der Waals surface area contributed by atoms with E-state index in [0.717, 1.165) is 11.6 Å². The number of allylic oxidation sites excluding steroid dienone is 1. The second kappa shape index (κ2) is 11.6. The predicted octanol–water partition coefficient (Wildman–Crippen LogP) is 8.22. The van der Waals surface area contributed by atoms with Crippen molar-refractivity contribution in [1.29, 1.82) is 0 Å². The maximum Gasteiger partial charge on any atom is 0.314 e. The van der Waals surface area contributed by atoms with Crippen LogP contribution in [0, 0.1) is 29.2 Å². The summed E-state index contributed by atoms with van der Waals surface area (Å²) in [5, 5.41) is 0. The Morgan fingerprint density at radius 1 is 0.838 bits per heavy atom. The fourth-order valence-corrected chi connectivity index (χ4v) is 4.76. The van der Waals surface area contributed by atoms with E-state index in [1.807, 2.05) is 31.2 Å². The molecule has 4 rings (SSSR count). The van der Waals surface area contributed by atoms with Crippen molar-refractivity contribution >= 4 is 12.0 Å². The summed E-state index contributed by atoms with van der Waals surface area (Å²) in [5.74, 6) is -6.53. The van der Waals surface area contributed by atoms with Crippen molar-refractivity contribution in [3.8, 4) is 22.6 Å². The Morgan fingerprint density at radius 3 is 2.14 bits per heavy atom. The van der Waals surface area contributed by atoms with E-state index in [4.69, 9.17) is 9.47 Å². The van der Waals surface area contributed by atoms with Crippen molar-refractivity contribution in [2.45, 2.75) is 45.4 Å². The van der Waals surface area contributed by atoms with E-state index >= 15 is 8.78 Å². The molecule has 7 heteroatoms. The Bertz CT molecular complexity index is 1290. The lowest BCUT2D eigenvalue weighted by Crippen LogP contribution is -2.26. The summed E-state index contributed by atoms with van der Waals surface area (Å²) >= 11 is 0. The van der Waals surface area contributed by atoms with E-state index in [-0.39, 0.29) is 29.4 Å². The van der Waals surface area contributed by atoms with Gasteiger partial charge in [0.25, 0.3) is 0 Å². The van der Waals surface area contributed by atoms with E-state index in [9.17, 15) is 13.6 Å². The van der Waals surface area contributed by atoms with Crippen LogP contribution in [0.1, 0.15) is 56.6 Å². The SMILES string of the molecule is C/C=C/c1ccc(-c2ccc(C3CCC(C(=O)Oc4ccc(OCC)c(F)c4F)CC3)c(F)c2F)cc1. The van der Waals surface area contributed by atoms with Gasteiger partial charge in [0.05, 0.1) is 12.5 Å². The minimum Gasteiger partial charge on any atom is -0.491 e. The molecule has 0 heterocycles. The van der Waals surface area contributed by atoms with E-state index in [1.165, 1.54) is 6.07 Å². The first kappa shape index (κ1) is 26.5. The van der Waals surface area contributed by atoms with Crippen LogP contribution in [0.3, 0.4) is 0 Å². The number of ether oxygens (including phenoxy) is 2. The minimum absolute atomic E-state index is 0.163. The molecule has 1 aliphatic rings. The molecule has 0 saturated heterocycles. The lowest BCUT2D eigenvalue weighted by Gasteiger charge is -2.28. The van der Waals surface area contributed by atoms with Gasteiger partial charge in [0.1, 0.15) is 0 Å². The van der Waals surface area contributed by atoms with Crippen molar-refractivity contribution in [1.82, 2.24) is 0 Å². The summed E-state index contributed by atoms with van der Waals surface area (Å²) in [4.78, 5) is 12.6. The number of hydrogen-bond donors (Lipinski definition) is 0. The maximum atomic E-state index is 15.1. The van der Waals surface area contributed by atoms with Gasteiger partial charge in [-0.2, -0.15) is 8.78 Å². The van der Waals surface area contributed by atoms with Gasteiger partial charge in [-0.15, -0.1) is 0 Å². The largest absolute Gasteiger partial charge is 0.491 e. The molecule has 0 aromatic heterocycles. The molecule has 3 aromatic rings. The molecule has 0 atom stereocenters. The Kier molecular flexibility index (Phi) is 8.31. The highest BCUT2D eigenvalue weighted by Gasteiger charge is 2.31. The number of carbonyl (C=O) groups is 1. The maximum absolute atomic E-state index is 15.1. The van der Waals surface area contributed by atoms with Gasteiger partial charge in [0, 0.05) is 5.56 Å². The summed E-state index contributed by atoms with van der Waals surface area (Å²) < 4.78 is 68.6. The molecule has 0 amide bonds. The van der Waals surface area contributed by atoms with Gasteiger partial charge in [-0.1, -0.05) is 48.6 Å². The second-order valence-corrected chi connectivity index (χ2v) is 9.04. The zero-order chi connectivity index (χ0) is 26.5. The van der Waals surface area contributed by atoms with Gasteiger partial charge < -0.3 is 9.47 Å². The number of rotatable bonds is 7. The lowest BCUT2D eigenvalue weighted by molar-refractivity contribution is -0.140. The normalized spacial score (nSPS) is 17.7. The monoisotopic (exact) mass is 512 g/mol. The van der Waals surface area contributed by atoms with Gasteiger partial charge >= 0.3 is 5.97 Å². The summed E-state index contributed by atoms with van der Waals surface area (Å²) in [6.07, 6.45) is 5.42. The van der Waals surface area contributed by atoms with Crippen LogP contribution in [-0.4, -0.2) is 12.6 Å². The predicted molar refractivity (Wildman–Crippen MR) is 134 cm³/mol. The standard InChI is InChI=1S/C30H28F4O3/c1-3-5-18-6-8-19(9-7-18)22-14-15-23(27(32)26(22)31)20-10-12-21(13-11-20)30(35)37-25-17-16-24(36-4-2)28(33)29(25)34/h3,5-9,14-17,20-21H,4,10-13H2,1-2H3/b5-3+.